The van der Waals surface area contributed by atoms with Crippen molar-refractivity contribution in [2.75, 3.05) is 13.2 Å². The molecule has 0 saturated carbocycles. The largest absolute Gasteiger partial charge is 0.504 e. The van der Waals surface area contributed by atoms with Crippen molar-refractivity contribution in [2.45, 2.75) is 0 Å². The summed E-state index contributed by atoms with van der Waals surface area (Å²) in [5, 5.41) is 37.1. The van der Waals surface area contributed by atoms with E-state index in [1.807, 2.05) is 0 Å². The molecule has 8 heteroatoms. The van der Waals surface area contributed by atoms with Crippen molar-refractivity contribution in [3.63, 3.8) is 0 Å². The van der Waals surface area contributed by atoms with Gasteiger partial charge in [-0.25, -0.2) is 9.59 Å². The van der Waals surface area contributed by atoms with Crippen LogP contribution < -0.4 is 0 Å². The van der Waals surface area contributed by atoms with Crippen LogP contribution in [-0.2, 0) is 19.1 Å². The lowest BCUT2D eigenvalue weighted by Gasteiger charge is -2.03. The second-order valence-electron chi connectivity index (χ2n) is 5.50. The number of carbonyl (C=O) groups is 2. The molecule has 0 saturated heterocycles. The number of aromatic hydroxyl groups is 4. The highest BCUT2D eigenvalue weighted by atomic mass is 16.6. The normalized spacial score (nSPS) is 11.0. The number of carbonyl (C=O) groups excluding carboxylic acids is 2. The molecule has 2 aromatic rings. The molecule has 0 atom stereocenters. The van der Waals surface area contributed by atoms with Crippen LogP contribution in [0.1, 0.15) is 11.1 Å². The fraction of sp³-hybridized carbons (Fsp3) is 0.100. The van der Waals surface area contributed by atoms with Crippen LogP contribution in [0.4, 0.5) is 0 Å². The van der Waals surface area contributed by atoms with Gasteiger partial charge < -0.3 is 29.9 Å². The number of phenolic OH excluding ortho intramolecular Hbond substituents is 4. The van der Waals surface area contributed by atoms with Crippen LogP contribution in [0, 0.1) is 0 Å². The Morgan fingerprint density at radius 3 is 1.43 bits per heavy atom. The van der Waals surface area contributed by atoms with E-state index in [1.54, 1.807) is 0 Å². The zero-order valence-electron chi connectivity index (χ0n) is 14.6. The van der Waals surface area contributed by atoms with E-state index in [0.29, 0.717) is 11.1 Å². The van der Waals surface area contributed by atoms with Crippen molar-refractivity contribution in [3.05, 3.63) is 59.7 Å². The lowest BCUT2D eigenvalue weighted by Crippen LogP contribution is -2.11. The molecule has 28 heavy (non-hydrogen) atoms. The van der Waals surface area contributed by atoms with E-state index in [0.717, 1.165) is 12.2 Å². The monoisotopic (exact) mass is 386 g/mol. The van der Waals surface area contributed by atoms with Gasteiger partial charge in [-0.15, -0.1) is 0 Å². The van der Waals surface area contributed by atoms with Gasteiger partial charge in [0.2, 0.25) is 0 Å². The predicted molar refractivity (Wildman–Crippen MR) is 99.5 cm³/mol. The van der Waals surface area contributed by atoms with Gasteiger partial charge in [0.25, 0.3) is 0 Å². The Labute approximate surface area is 160 Å². The fourth-order valence-electron chi connectivity index (χ4n) is 2.00. The summed E-state index contributed by atoms with van der Waals surface area (Å²) in [5.41, 5.74) is 0.980. The Kier molecular flexibility index (Phi) is 7.04. The molecule has 2 aromatic carbocycles. The summed E-state index contributed by atoms with van der Waals surface area (Å²) in [7, 11) is 0. The van der Waals surface area contributed by atoms with E-state index in [2.05, 4.69) is 0 Å². The Morgan fingerprint density at radius 2 is 1.07 bits per heavy atom. The molecular weight excluding hydrogens is 368 g/mol. The molecule has 0 spiro atoms. The summed E-state index contributed by atoms with van der Waals surface area (Å²) in [5.74, 6) is -2.48. The van der Waals surface area contributed by atoms with Crippen LogP contribution in [0.5, 0.6) is 23.0 Å². The second-order valence-corrected chi connectivity index (χ2v) is 5.50. The summed E-state index contributed by atoms with van der Waals surface area (Å²) in [4.78, 5) is 23.1. The van der Waals surface area contributed by atoms with Gasteiger partial charge in [-0.05, 0) is 47.5 Å². The number of hydrogen-bond acceptors (Lipinski definition) is 8. The van der Waals surface area contributed by atoms with Crippen LogP contribution in [-0.4, -0.2) is 45.6 Å². The predicted octanol–water partition coefficient (Wildman–Crippen LogP) is 2.32. The minimum atomic E-state index is -0.668. The van der Waals surface area contributed by atoms with E-state index < -0.39 is 11.9 Å². The van der Waals surface area contributed by atoms with Crippen molar-refractivity contribution in [1.82, 2.24) is 0 Å². The van der Waals surface area contributed by atoms with E-state index in [-0.39, 0.29) is 36.2 Å². The highest BCUT2D eigenvalue weighted by Crippen LogP contribution is 2.26. The summed E-state index contributed by atoms with van der Waals surface area (Å²) >= 11 is 0. The first-order valence-corrected chi connectivity index (χ1v) is 8.09. The quantitative estimate of drug-likeness (QED) is 0.247. The molecule has 0 aliphatic carbocycles. The van der Waals surface area contributed by atoms with E-state index in [1.165, 1.54) is 48.6 Å². The van der Waals surface area contributed by atoms with E-state index in [4.69, 9.17) is 9.47 Å². The topological polar surface area (TPSA) is 134 Å². The molecule has 0 aromatic heterocycles. The first kappa shape index (κ1) is 20.4. The molecule has 146 valence electrons. The number of hydrogen-bond donors (Lipinski definition) is 4. The molecule has 8 nitrogen and oxygen atoms in total. The highest BCUT2D eigenvalue weighted by molar-refractivity contribution is 5.88. The van der Waals surface area contributed by atoms with Gasteiger partial charge in [0.1, 0.15) is 13.2 Å². The molecular formula is C20H18O8. The Morgan fingerprint density at radius 1 is 0.679 bits per heavy atom. The average Bonchev–Trinajstić information content (AvgIpc) is 2.67. The molecule has 0 amide bonds. The van der Waals surface area contributed by atoms with E-state index >= 15 is 0 Å². The molecule has 0 radical (unpaired) electrons. The van der Waals surface area contributed by atoms with Gasteiger partial charge >= 0.3 is 11.9 Å². The van der Waals surface area contributed by atoms with Crippen molar-refractivity contribution in [1.29, 1.82) is 0 Å². The molecule has 0 unspecified atom stereocenters. The van der Waals surface area contributed by atoms with Crippen LogP contribution in [0.3, 0.4) is 0 Å². The Hall–Kier alpha value is -3.94. The van der Waals surface area contributed by atoms with Gasteiger partial charge in [-0.1, -0.05) is 12.1 Å². The van der Waals surface area contributed by atoms with Crippen LogP contribution in [0.15, 0.2) is 48.6 Å². The Bertz CT molecular complexity index is 839. The zero-order chi connectivity index (χ0) is 20.5. The lowest BCUT2D eigenvalue weighted by molar-refractivity contribution is -0.145. The average molecular weight is 386 g/mol. The van der Waals surface area contributed by atoms with Crippen molar-refractivity contribution >= 4 is 24.1 Å². The van der Waals surface area contributed by atoms with E-state index in [9.17, 15) is 30.0 Å². The summed E-state index contributed by atoms with van der Waals surface area (Å²) < 4.78 is 9.72. The van der Waals surface area contributed by atoms with Crippen molar-refractivity contribution in [3.8, 4) is 23.0 Å². The van der Waals surface area contributed by atoms with Crippen molar-refractivity contribution < 1.29 is 39.5 Å². The summed E-state index contributed by atoms with van der Waals surface area (Å²) in [6.07, 6.45) is 5.04. The molecule has 0 fully saturated rings. The van der Waals surface area contributed by atoms with Gasteiger partial charge in [0.05, 0.1) is 0 Å². The number of esters is 2. The number of phenols is 4. The fourth-order valence-corrected chi connectivity index (χ4v) is 2.00. The van der Waals surface area contributed by atoms with Crippen LogP contribution >= 0.6 is 0 Å². The third-order valence-corrected chi connectivity index (χ3v) is 3.39. The first-order chi connectivity index (χ1) is 13.3. The maximum absolute atomic E-state index is 11.6. The summed E-state index contributed by atoms with van der Waals surface area (Å²) in [6, 6.07) is 8.13. The second kappa shape index (κ2) is 9.67. The number of ether oxygens (including phenoxy) is 2. The third-order valence-electron chi connectivity index (χ3n) is 3.39. The molecule has 0 heterocycles. The minimum absolute atomic E-state index is 0.149. The van der Waals surface area contributed by atoms with Gasteiger partial charge in [-0.3, -0.25) is 0 Å². The number of rotatable bonds is 7. The van der Waals surface area contributed by atoms with Gasteiger partial charge in [0, 0.05) is 12.2 Å². The molecule has 0 aliphatic heterocycles. The van der Waals surface area contributed by atoms with Crippen molar-refractivity contribution in [2.24, 2.45) is 0 Å². The smallest absolute Gasteiger partial charge is 0.330 e. The molecule has 0 aliphatic rings. The van der Waals surface area contributed by atoms with Gasteiger partial charge in [0.15, 0.2) is 23.0 Å². The van der Waals surface area contributed by atoms with Crippen LogP contribution in [0.25, 0.3) is 12.2 Å². The maximum Gasteiger partial charge on any atom is 0.330 e. The zero-order valence-corrected chi connectivity index (χ0v) is 14.6. The third kappa shape index (κ3) is 6.41. The first-order valence-electron chi connectivity index (χ1n) is 8.09. The molecule has 4 N–H and O–H groups in total. The molecule has 0 bridgehead atoms. The number of benzene rings is 2. The molecule has 2 rings (SSSR count). The van der Waals surface area contributed by atoms with Crippen LogP contribution in [0.2, 0.25) is 0 Å². The summed E-state index contributed by atoms with van der Waals surface area (Å²) in [6.45, 7) is -0.298. The standard InChI is InChI=1S/C20H18O8/c21-15-5-1-13(11-17(15)23)3-7-19(25)27-9-10-28-20(26)8-4-14-2-6-16(22)18(24)12-14/h1-8,11-12,21-24H,9-10H2. The Balaban J connectivity index is 1.71. The lowest BCUT2D eigenvalue weighted by atomic mass is 10.2. The highest BCUT2D eigenvalue weighted by Gasteiger charge is 2.03. The maximum atomic E-state index is 11.6. The minimum Gasteiger partial charge on any atom is -0.504 e. The van der Waals surface area contributed by atoms with Gasteiger partial charge in [-0.2, -0.15) is 0 Å². The SMILES string of the molecule is O=C(C=Cc1ccc(O)c(O)c1)OCCOC(=O)C=Cc1ccc(O)c(O)c1.